The van der Waals surface area contributed by atoms with Gasteiger partial charge in [0.15, 0.2) is 0 Å². The van der Waals surface area contributed by atoms with Crippen molar-refractivity contribution >= 4 is 13.5 Å². The van der Waals surface area contributed by atoms with Gasteiger partial charge >= 0.3 is 138 Å². The molecule has 0 spiro atoms. The van der Waals surface area contributed by atoms with Gasteiger partial charge < -0.3 is 0 Å². The molecule has 3 saturated carbocycles. The van der Waals surface area contributed by atoms with Gasteiger partial charge in [0.05, 0.1) is 0 Å². The third kappa shape index (κ3) is 3.45. The second-order valence-electron chi connectivity index (χ2n) is 8.49. The van der Waals surface area contributed by atoms with Crippen molar-refractivity contribution in [2.75, 3.05) is 6.16 Å². The van der Waals surface area contributed by atoms with E-state index in [9.17, 15) is 4.79 Å². The Morgan fingerprint density at radius 1 is 0.591 bits per heavy atom. The van der Waals surface area contributed by atoms with Crippen LogP contribution in [0.1, 0.15) is 96.3 Å². The van der Waals surface area contributed by atoms with Gasteiger partial charge in [-0.2, -0.15) is 0 Å². The van der Waals surface area contributed by atoms with Gasteiger partial charge in [-0.1, -0.05) is 0 Å². The summed E-state index contributed by atoms with van der Waals surface area (Å²) in [5, 5.41) is 0. The first kappa shape index (κ1) is 16.9. The molecule has 0 aliphatic heterocycles. The van der Waals surface area contributed by atoms with Crippen molar-refractivity contribution in [3.05, 3.63) is 0 Å². The van der Waals surface area contributed by atoms with Gasteiger partial charge in [-0.25, -0.2) is 0 Å². The predicted molar refractivity (Wildman–Crippen MR) is 99.9 cm³/mol. The van der Waals surface area contributed by atoms with Gasteiger partial charge in [-0.15, -0.1) is 0 Å². The molecule has 0 unspecified atom stereocenters. The summed E-state index contributed by atoms with van der Waals surface area (Å²) in [6.07, 6.45) is 24.4. The van der Waals surface area contributed by atoms with Crippen LogP contribution in [-0.2, 0) is 4.79 Å². The molecule has 0 N–H and O–H groups in total. The standard InChI is InChI=1S/C20H37OP/c21-16-17-22(18-10-4-1-5-11-18,19-12-6-2-7-13-19)20-14-8-3-9-15-20/h16,18-20,22H,1-15,17H2. The molecule has 0 atom stereocenters. The van der Waals surface area contributed by atoms with E-state index in [-0.39, 0.29) is 0 Å². The SMILES string of the molecule is O=CC[PH](C1CCCCC1)(C1CCCCC1)C1CCCCC1. The monoisotopic (exact) mass is 324 g/mol. The summed E-state index contributed by atoms with van der Waals surface area (Å²) < 4.78 is 0. The maximum atomic E-state index is 11.8. The molecule has 22 heavy (non-hydrogen) atoms. The Balaban J connectivity index is 1.89. The maximum absolute atomic E-state index is 11.8. The number of hydrogen-bond donors (Lipinski definition) is 0. The van der Waals surface area contributed by atoms with Crippen LogP contribution in [0.5, 0.6) is 0 Å². The molecular formula is C20H37OP. The Morgan fingerprint density at radius 3 is 1.18 bits per heavy atom. The molecule has 3 aliphatic carbocycles. The van der Waals surface area contributed by atoms with E-state index < -0.39 is 7.26 Å². The van der Waals surface area contributed by atoms with E-state index in [4.69, 9.17) is 0 Å². The fraction of sp³-hybridized carbons (Fsp3) is 0.950. The fourth-order valence-corrected chi connectivity index (χ4v) is 14.3. The van der Waals surface area contributed by atoms with Gasteiger partial charge in [0.1, 0.15) is 0 Å². The Hall–Kier alpha value is 0.100. The van der Waals surface area contributed by atoms with Crippen molar-refractivity contribution in [1.29, 1.82) is 0 Å². The zero-order chi connectivity index (χ0) is 15.3. The molecule has 1 nitrogen and oxygen atoms in total. The van der Waals surface area contributed by atoms with Gasteiger partial charge in [0, 0.05) is 0 Å². The zero-order valence-electron chi connectivity index (χ0n) is 14.5. The Labute approximate surface area is 138 Å². The van der Waals surface area contributed by atoms with E-state index in [0.29, 0.717) is 0 Å². The minimum absolute atomic E-state index is 0.998. The number of carbonyl (C=O) groups is 1. The fourth-order valence-electron chi connectivity index (χ4n) is 6.56. The zero-order valence-corrected chi connectivity index (χ0v) is 15.5. The summed E-state index contributed by atoms with van der Waals surface area (Å²) in [5.74, 6) is 0. The first-order valence-electron chi connectivity index (χ1n) is 10.3. The molecule has 0 aromatic heterocycles. The molecule has 0 saturated heterocycles. The average Bonchev–Trinajstić information content (AvgIpc) is 2.62. The summed E-state index contributed by atoms with van der Waals surface area (Å²) in [6, 6.07) is 0. The third-order valence-corrected chi connectivity index (χ3v) is 14.7. The molecule has 0 heterocycles. The molecule has 3 rings (SSSR count). The number of aldehydes is 1. The number of carbonyl (C=O) groups excluding carboxylic acids is 1. The van der Waals surface area contributed by atoms with Crippen LogP contribution >= 0.6 is 7.26 Å². The van der Waals surface area contributed by atoms with Crippen molar-refractivity contribution in [3.63, 3.8) is 0 Å². The van der Waals surface area contributed by atoms with E-state index in [1.165, 1.54) is 103 Å². The molecule has 0 aromatic rings. The average molecular weight is 324 g/mol. The van der Waals surface area contributed by atoms with Crippen LogP contribution < -0.4 is 0 Å². The van der Waals surface area contributed by atoms with Gasteiger partial charge in [-0.05, 0) is 0 Å². The Bertz CT molecular complexity index is 290. The number of rotatable bonds is 5. The van der Waals surface area contributed by atoms with Gasteiger partial charge in [0.25, 0.3) is 0 Å². The van der Waals surface area contributed by atoms with Crippen LogP contribution in [0.4, 0.5) is 0 Å². The van der Waals surface area contributed by atoms with Gasteiger partial charge in [0.2, 0.25) is 0 Å². The normalized spacial score (nSPS) is 27.6. The molecule has 3 aliphatic rings. The summed E-state index contributed by atoms with van der Waals surface area (Å²) in [7, 11) is -1.46. The minimum atomic E-state index is -1.46. The van der Waals surface area contributed by atoms with Crippen molar-refractivity contribution in [2.24, 2.45) is 0 Å². The molecule has 0 aromatic carbocycles. The van der Waals surface area contributed by atoms with Crippen LogP contribution in [-0.4, -0.2) is 29.4 Å². The number of hydrogen-bond acceptors (Lipinski definition) is 1. The molecular weight excluding hydrogens is 287 g/mol. The predicted octanol–water partition coefficient (Wildman–Crippen LogP) is 5.93. The Kier molecular flexibility index (Phi) is 6.37. The van der Waals surface area contributed by atoms with Crippen LogP contribution in [0.25, 0.3) is 0 Å². The van der Waals surface area contributed by atoms with E-state index in [2.05, 4.69) is 0 Å². The second kappa shape index (κ2) is 8.27. The summed E-state index contributed by atoms with van der Waals surface area (Å²) in [5.41, 5.74) is 2.99. The molecule has 3 fully saturated rings. The van der Waals surface area contributed by atoms with Crippen molar-refractivity contribution in [3.8, 4) is 0 Å². The third-order valence-electron chi connectivity index (χ3n) is 7.53. The molecule has 0 amide bonds. The molecule has 2 heteroatoms. The summed E-state index contributed by atoms with van der Waals surface area (Å²) in [6.45, 7) is 0. The summed E-state index contributed by atoms with van der Waals surface area (Å²) in [4.78, 5) is 11.8. The van der Waals surface area contributed by atoms with Crippen LogP contribution in [0.3, 0.4) is 0 Å². The van der Waals surface area contributed by atoms with Crippen molar-refractivity contribution in [2.45, 2.75) is 113 Å². The van der Waals surface area contributed by atoms with Gasteiger partial charge in [-0.3, -0.25) is 0 Å². The van der Waals surface area contributed by atoms with Crippen molar-refractivity contribution < 1.29 is 4.79 Å². The van der Waals surface area contributed by atoms with Crippen molar-refractivity contribution in [1.82, 2.24) is 0 Å². The van der Waals surface area contributed by atoms with E-state index >= 15 is 0 Å². The molecule has 128 valence electrons. The molecule has 0 radical (unpaired) electrons. The topological polar surface area (TPSA) is 17.1 Å². The van der Waals surface area contributed by atoms with Crippen LogP contribution in [0.15, 0.2) is 0 Å². The Morgan fingerprint density at radius 2 is 0.909 bits per heavy atom. The first-order valence-corrected chi connectivity index (χ1v) is 12.8. The quantitative estimate of drug-likeness (QED) is 0.452. The molecule has 0 bridgehead atoms. The van der Waals surface area contributed by atoms with Crippen LogP contribution in [0, 0.1) is 0 Å². The van der Waals surface area contributed by atoms with E-state index in [1.54, 1.807) is 0 Å². The second-order valence-corrected chi connectivity index (χ2v) is 13.6. The summed E-state index contributed by atoms with van der Waals surface area (Å²) >= 11 is 0. The van der Waals surface area contributed by atoms with Crippen LogP contribution in [0.2, 0.25) is 0 Å². The van der Waals surface area contributed by atoms with E-state index in [1.807, 2.05) is 0 Å². The van der Waals surface area contributed by atoms with E-state index in [0.717, 1.165) is 23.1 Å². The first-order chi connectivity index (χ1) is 10.9.